The number of aromatic nitrogens is 5. The lowest BCUT2D eigenvalue weighted by Gasteiger charge is -2.37. The molecule has 0 aliphatic carbocycles. The third-order valence-electron chi connectivity index (χ3n) is 5.68. The van der Waals surface area contributed by atoms with Crippen molar-refractivity contribution in [2.24, 2.45) is 13.0 Å². The Morgan fingerprint density at radius 3 is 2.67 bits per heavy atom. The SMILES string of the molecule is COC(=O)c1sc(N2CC[C@@H](NC(=O)c3[nH]c(C)c(Cl)c3Cl)[C@@H](C)C2)nc1-c1ncnn1C. The Balaban J connectivity index is 1.50. The Hall–Kier alpha value is -2.63. The molecule has 2 N–H and O–H groups in total. The average molecular weight is 512 g/mol. The second-order valence-electron chi connectivity index (χ2n) is 7.92. The lowest BCUT2D eigenvalue weighted by Crippen LogP contribution is -2.50. The largest absolute Gasteiger partial charge is 0.465 e. The predicted molar refractivity (Wildman–Crippen MR) is 126 cm³/mol. The van der Waals surface area contributed by atoms with E-state index in [1.54, 1.807) is 18.7 Å². The first-order valence-corrected chi connectivity index (χ1v) is 11.8. The van der Waals surface area contributed by atoms with Crippen LogP contribution in [0.4, 0.5) is 5.13 Å². The van der Waals surface area contributed by atoms with Gasteiger partial charge in [-0.3, -0.25) is 4.79 Å². The van der Waals surface area contributed by atoms with E-state index in [0.29, 0.717) is 51.8 Å². The topological polar surface area (TPSA) is 118 Å². The Morgan fingerprint density at radius 2 is 2.09 bits per heavy atom. The van der Waals surface area contributed by atoms with Crippen molar-refractivity contribution >= 4 is 51.5 Å². The molecular formula is C20H23Cl2N7O3S. The Bertz CT molecular complexity index is 1200. The highest BCUT2D eigenvalue weighted by Crippen LogP contribution is 2.35. The van der Waals surface area contributed by atoms with Crippen molar-refractivity contribution in [3.63, 3.8) is 0 Å². The lowest BCUT2D eigenvalue weighted by molar-refractivity contribution is 0.0606. The number of methoxy groups -OCH3 is 1. The molecule has 1 aliphatic heterocycles. The highest BCUT2D eigenvalue weighted by molar-refractivity contribution is 7.17. The van der Waals surface area contributed by atoms with Crippen LogP contribution in [0.2, 0.25) is 10.0 Å². The van der Waals surface area contributed by atoms with Crippen LogP contribution in [0, 0.1) is 12.8 Å². The van der Waals surface area contributed by atoms with E-state index in [1.807, 2.05) is 0 Å². The maximum Gasteiger partial charge on any atom is 0.350 e. The second-order valence-corrected chi connectivity index (χ2v) is 9.65. The molecule has 0 unspecified atom stereocenters. The third kappa shape index (κ3) is 4.44. The molecule has 4 heterocycles. The van der Waals surface area contributed by atoms with Crippen molar-refractivity contribution in [1.29, 1.82) is 0 Å². The summed E-state index contributed by atoms with van der Waals surface area (Å²) in [6, 6.07) is -0.0505. The van der Waals surface area contributed by atoms with E-state index >= 15 is 0 Å². The van der Waals surface area contributed by atoms with E-state index in [9.17, 15) is 9.59 Å². The highest BCUT2D eigenvalue weighted by Gasteiger charge is 2.32. The lowest BCUT2D eigenvalue weighted by atomic mass is 9.94. The minimum absolute atomic E-state index is 0.0505. The van der Waals surface area contributed by atoms with Gasteiger partial charge in [-0.1, -0.05) is 41.5 Å². The fourth-order valence-electron chi connectivity index (χ4n) is 3.84. The first kappa shape index (κ1) is 23.5. The van der Waals surface area contributed by atoms with Gasteiger partial charge in [0.25, 0.3) is 5.91 Å². The van der Waals surface area contributed by atoms with E-state index < -0.39 is 5.97 Å². The number of amides is 1. The molecule has 1 aliphatic rings. The molecule has 176 valence electrons. The minimum atomic E-state index is -0.469. The van der Waals surface area contributed by atoms with Crippen LogP contribution in [0.15, 0.2) is 6.33 Å². The van der Waals surface area contributed by atoms with Crippen LogP contribution < -0.4 is 10.2 Å². The van der Waals surface area contributed by atoms with Gasteiger partial charge in [-0.2, -0.15) is 5.10 Å². The molecule has 0 bridgehead atoms. The van der Waals surface area contributed by atoms with Crippen LogP contribution in [0.5, 0.6) is 0 Å². The number of piperidine rings is 1. The standard InChI is InChI=1S/C20H23Cl2N7O3S/c1-9-7-29(6-5-11(9)26-18(30)14-13(22)12(21)10(2)25-14)20-27-15(16(33-20)19(31)32-4)17-23-8-24-28(17)3/h8-9,11,25H,5-7H2,1-4H3,(H,26,30)/t9-,11+/m0/s1. The number of nitrogens with one attached hydrogen (secondary N) is 2. The van der Waals surface area contributed by atoms with Gasteiger partial charge < -0.3 is 19.9 Å². The Kier molecular flexibility index (Phi) is 6.64. The number of aryl methyl sites for hydroxylation is 2. The molecule has 10 nitrogen and oxygen atoms in total. The van der Waals surface area contributed by atoms with Crippen molar-refractivity contribution in [1.82, 2.24) is 30.0 Å². The maximum atomic E-state index is 12.7. The van der Waals surface area contributed by atoms with Gasteiger partial charge in [-0.15, -0.1) is 0 Å². The molecule has 1 saturated heterocycles. The van der Waals surface area contributed by atoms with Crippen LogP contribution >= 0.6 is 34.5 Å². The number of carbonyl (C=O) groups is 2. The van der Waals surface area contributed by atoms with Crippen LogP contribution in [-0.2, 0) is 11.8 Å². The fraction of sp³-hybridized carbons (Fsp3) is 0.450. The number of esters is 1. The van der Waals surface area contributed by atoms with E-state index in [0.717, 1.165) is 0 Å². The summed E-state index contributed by atoms with van der Waals surface area (Å²) in [5.41, 5.74) is 1.36. The fourth-order valence-corrected chi connectivity index (χ4v) is 5.27. The zero-order valence-electron chi connectivity index (χ0n) is 18.5. The molecular weight excluding hydrogens is 489 g/mol. The predicted octanol–water partition coefficient (Wildman–Crippen LogP) is 3.31. The van der Waals surface area contributed by atoms with Gasteiger partial charge in [0, 0.05) is 31.9 Å². The number of anilines is 1. The second kappa shape index (κ2) is 9.32. The highest BCUT2D eigenvalue weighted by atomic mass is 35.5. The summed E-state index contributed by atoms with van der Waals surface area (Å²) in [5, 5.41) is 8.41. The van der Waals surface area contributed by atoms with Gasteiger partial charge in [0.1, 0.15) is 22.6 Å². The monoisotopic (exact) mass is 511 g/mol. The quantitative estimate of drug-likeness (QED) is 0.504. The molecule has 0 spiro atoms. The number of aromatic amines is 1. The van der Waals surface area contributed by atoms with E-state index in [2.05, 4.69) is 32.2 Å². The summed E-state index contributed by atoms with van der Waals surface area (Å²) < 4.78 is 6.51. The van der Waals surface area contributed by atoms with Gasteiger partial charge >= 0.3 is 5.97 Å². The summed E-state index contributed by atoms with van der Waals surface area (Å²) in [6.45, 7) is 5.12. The number of hydrogen-bond donors (Lipinski definition) is 2. The van der Waals surface area contributed by atoms with Crippen molar-refractivity contribution < 1.29 is 14.3 Å². The van der Waals surface area contributed by atoms with Crippen molar-refractivity contribution in [3.05, 3.63) is 32.6 Å². The molecule has 1 fully saturated rings. The normalized spacial score (nSPS) is 18.4. The van der Waals surface area contributed by atoms with Crippen LogP contribution in [0.1, 0.15) is 39.2 Å². The molecule has 1 amide bonds. The maximum absolute atomic E-state index is 12.7. The van der Waals surface area contributed by atoms with Gasteiger partial charge in [0.05, 0.1) is 17.2 Å². The number of hydrogen-bond acceptors (Lipinski definition) is 8. The third-order valence-corrected chi connectivity index (χ3v) is 7.73. The zero-order valence-corrected chi connectivity index (χ0v) is 20.8. The minimum Gasteiger partial charge on any atom is -0.465 e. The van der Waals surface area contributed by atoms with Gasteiger partial charge in [-0.25, -0.2) is 19.4 Å². The summed E-state index contributed by atoms with van der Waals surface area (Å²) in [5.74, 6) is -0.141. The van der Waals surface area contributed by atoms with E-state index in [4.69, 9.17) is 32.9 Å². The molecule has 13 heteroatoms. The molecule has 0 saturated carbocycles. The van der Waals surface area contributed by atoms with E-state index in [1.165, 1.54) is 24.8 Å². The van der Waals surface area contributed by atoms with Crippen LogP contribution in [0.3, 0.4) is 0 Å². The molecule has 0 radical (unpaired) electrons. The average Bonchev–Trinajstić information content (AvgIpc) is 3.48. The number of nitrogens with zero attached hydrogens (tertiary/aromatic N) is 5. The molecule has 3 aromatic heterocycles. The number of ether oxygens (including phenoxy) is 1. The zero-order chi connectivity index (χ0) is 23.9. The van der Waals surface area contributed by atoms with Crippen molar-refractivity contribution in [2.45, 2.75) is 26.3 Å². The van der Waals surface area contributed by atoms with Gasteiger partial charge in [0.2, 0.25) is 0 Å². The summed E-state index contributed by atoms with van der Waals surface area (Å²) >= 11 is 13.5. The number of halogens is 2. The molecule has 4 rings (SSSR count). The van der Waals surface area contributed by atoms with Crippen molar-refractivity contribution in [3.8, 4) is 11.5 Å². The first-order valence-electron chi connectivity index (χ1n) is 10.2. The number of carbonyl (C=O) groups excluding carboxylic acids is 2. The number of thiazole rings is 1. The number of H-pyrrole nitrogens is 1. The summed E-state index contributed by atoms with van der Waals surface area (Å²) in [6.07, 6.45) is 2.11. The molecule has 2 atom stereocenters. The summed E-state index contributed by atoms with van der Waals surface area (Å²) in [7, 11) is 3.08. The Morgan fingerprint density at radius 1 is 1.33 bits per heavy atom. The number of rotatable bonds is 5. The van der Waals surface area contributed by atoms with Gasteiger partial charge in [-0.05, 0) is 19.3 Å². The van der Waals surface area contributed by atoms with E-state index in [-0.39, 0.29) is 28.6 Å². The van der Waals surface area contributed by atoms with Gasteiger partial charge in [0.15, 0.2) is 11.0 Å². The molecule has 0 aromatic carbocycles. The Labute approximate surface area is 204 Å². The smallest absolute Gasteiger partial charge is 0.350 e. The van der Waals surface area contributed by atoms with Crippen LogP contribution in [0.25, 0.3) is 11.5 Å². The molecule has 3 aromatic rings. The van der Waals surface area contributed by atoms with Crippen molar-refractivity contribution in [2.75, 3.05) is 25.1 Å². The first-order chi connectivity index (χ1) is 15.7. The van der Waals surface area contributed by atoms with Crippen LogP contribution in [-0.4, -0.2) is 62.9 Å². The molecule has 33 heavy (non-hydrogen) atoms. The summed E-state index contributed by atoms with van der Waals surface area (Å²) in [4.78, 5) is 39.4.